The number of benzene rings is 2. The molecule has 0 bridgehead atoms. The third-order valence-electron chi connectivity index (χ3n) is 5.48. The zero-order valence-corrected chi connectivity index (χ0v) is 17.6. The number of amides is 1. The first-order chi connectivity index (χ1) is 14.2. The Balaban J connectivity index is 1.44. The maximum absolute atomic E-state index is 12.3. The van der Waals surface area contributed by atoms with Crippen molar-refractivity contribution in [2.75, 3.05) is 27.3 Å². The van der Waals surface area contributed by atoms with Gasteiger partial charge in [0.2, 0.25) is 5.91 Å². The number of rotatable bonds is 9. The number of nitrogens with one attached hydrogen (secondary N) is 1. The first-order valence-corrected chi connectivity index (χ1v) is 10.5. The molecule has 0 radical (unpaired) electrons. The summed E-state index contributed by atoms with van der Waals surface area (Å²) in [5.74, 6) is 1.58. The van der Waals surface area contributed by atoms with Crippen molar-refractivity contribution in [2.45, 2.75) is 45.2 Å². The Bertz CT molecular complexity index is 783. The predicted molar refractivity (Wildman–Crippen MR) is 115 cm³/mol. The van der Waals surface area contributed by atoms with Gasteiger partial charge in [-0.15, -0.1) is 0 Å². The fraction of sp³-hybridized carbons (Fsp3) is 0.458. The molecule has 0 unspecified atom stereocenters. The fourth-order valence-electron chi connectivity index (χ4n) is 3.75. The molecule has 1 amide bonds. The van der Waals surface area contributed by atoms with E-state index >= 15 is 0 Å². The Kier molecular flexibility index (Phi) is 7.94. The van der Waals surface area contributed by atoms with Crippen molar-refractivity contribution in [2.24, 2.45) is 0 Å². The van der Waals surface area contributed by atoms with Crippen LogP contribution in [0.3, 0.4) is 0 Å². The summed E-state index contributed by atoms with van der Waals surface area (Å²) in [7, 11) is 3.27. The van der Waals surface area contributed by atoms with Crippen LogP contribution in [-0.2, 0) is 24.3 Å². The number of hydrogen-bond donors (Lipinski definition) is 1. The number of nitrogens with zero attached hydrogens (tertiary/aromatic N) is 1. The van der Waals surface area contributed by atoms with Gasteiger partial charge in [-0.1, -0.05) is 30.7 Å². The molecule has 2 aromatic carbocycles. The van der Waals surface area contributed by atoms with Gasteiger partial charge in [0, 0.05) is 19.5 Å². The second kappa shape index (κ2) is 10.9. The zero-order chi connectivity index (χ0) is 20.5. The topological polar surface area (TPSA) is 50.8 Å². The van der Waals surface area contributed by atoms with Crippen LogP contribution >= 0.6 is 0 Å². The van der Waals surface area contributed by atoms with Gasteiger partial charge in [0.15, 0.2) is 0 Å². The molecule has 1 N–H and O–H groups in total. The maximum atomic E-state index is 12.3. The highest BCUT2D eigenvalue weighted by Crippen LogP contribution is 2.25. The zero-order valence-electron chi connectivity index (χ0n) is 17.6. The summed E-state index contributed by atoms with van der Waals surface area (Å²) >= 11 is 0. The molecule has 0 aliphatic carbocycles. The van der Waals surface area contributed by atoms with Crippen molar-refractivity contribution in [3.05, 3.63) is 59.2 Å². The number of ether oxygens (including phenoxy) is 2. The van der Waals surface area contributed by atoms with Gasteiger partial charge >= 0.3 is 0 Å². The minimum Gasteiger partial charge on any atom is -0.497 e. The third-order valence-corrected chi connectivity index (χ3v) is 5.48. The van der Waals surface area contributed by atoms with Crippen molar-refractivity contribution in [1.82, 2.24) is 10.2 Å². The molecule has 0 spiro atoms. The molecule has 3 rings (SSSR count). The van der Waals surface area contributed by atoms with Crippen LogP contribution in [0.2, 0.25) is 0 Å². The Morgan fingerprint density at radius 3 is 2.38 bits per heavy atom. The summed E-state index contributed by atoms with van der Waals surface area (Å²) < 4.78 is 10.6. The van der Waals surface area contributed by atoms with Gasteiger partial charge in [0.25, 0.3) is 0 Å². The highest BCUT2D eigenvalue weighted by molar-refractivity contribution is 5.76. The molecular formula is C24H32N2O3. The van der Waals surface area contributed by atoms with E-state index in [0.29, 0.717) is 19.4 Å². The molecule has 1 aliphatic heterocycles. The summed E-state index contributed by atoms with van der Waals surface area (Å²) in [6.45, 7) is 3.98. The Hall–Kier alpha value is -2.53. The quantitative estimate of drug-likeness (QED) is 0.698. The summed E-state index contributed by atoms with van der Waals surface area (Å²) in [4.78, 5) is 14.8. The van der Waals surface area contributed by atoms with Gasteiger partial charge < -0.3 is 14.8 Å². The van der Waals surface area contributed by atoms with E-state index in [4.69, 9.17) is 9.47 Å². The molecule has 2 aromatic rings. The Morgan fingerprint density at radius 1 is 0.966 bits per heavy atom. The Morgan fingerprint density at radius 2 is 1.69 bits per heavy atom. The van der Waals surface area contributed by atoms with E-state index in [2.05, 4.69) is 34.5 Å². The van der Waals surface area contributed by atoms with Crippen LogP contribution in [0.5, 0.6) is 11.5 Å². The molecule has 29 heavy (non-hydrogen) atoms. The normalized spacial score (nSPS) is 14.4. The largest absolute Gasteiger partial charge is 0.497 e. The first kappa shape index (κ1) is 21.2. The van der Waals surface area contributed by atoms with Gasteiger partial charge in [0.1, 0.15) is 11.5 Å². The average Bonchev–Trinajstić information content (AvgIpc) is 2.77. The standard InChI is InChI=1S/C24H32N2O3/c1-28-22-11-12-23(29-2)21(16-22)10-13-24(27)25-17-19-6-8-20(9-7-19)18-26-14-4-3-5-15-26/h6-9,11-12,16H,3-5,10,13-15,17-18H2,1-2H3,(H,25,27). The lowest BCUT2D eigenvalue weighted by molar-refractivity contribution is -0.121. The van der Waals surface area contributed by atoms with E-state index in [0.717, 1.165) is 29.2 Å². The first-order valence-electron chi connectivity index (χ1n) is 10.5. The molecule has 1 saturated heterocycles. The predicted octanol–water partition coefficient (Wildman–Crippen LogP) is 3.94. The highest BCUT2D eigenvalue weighted by Gasteiger charge is 2.11. The maximum Gasteiger partial charge on any atom is 0.220 e. The summed E-state index contributed by atoms with van der Waals surface area (Å²) in [6.07, 6.45) is 5.01. The lowest BCUT2D eigenvalue weighted by Gasteiger charge is -2.26. The van der Waals surface area contributed by atoms with Crippen LogP contribution in [0.1, 0.15) is 42.4 Å². The lowest BCUT2D eigenvalue weighted by atomic mass is 10.1. The van der Waals surface area contributed by atoms with Crippen LogP contribution in [0, 0.1) is 0 Å². The third kappa shape index (κ3) is 6.50. The van der Waals surface area contributed by atoms with Gasteiger partial charge in [-0.3, -0.25) is 9.69 Å². The van der Waals surface area contributed by atoms with Crippen molar-refractivity contribution >= 4 is 5.91 Å². The van der Waals surface area contributed by atoms with E-state index in [-0.39, 0.29) is 5.91 Å². The van der Waals surface area contributed by atoms with Crippen LogP contribution < -0.4 is 14.8 Å². The van der Waals surface area contributed by atoms with E-state index < -0.39 is 0 Å². The number of likely N-dealkylation sites (tertiary alicyclic amines) is 1. The number of methoxy groups -OCH3 is 2. The average molecular weight is 397 g/mol. The van der Waals surface area contributed by atoms with E-state index in [1.54, 1.807) is 14.2 Å². The molecule has 1 fully saturated rings. The van der Waals surface area contributed by atoms with Crippen LogP contribution in [0.25, 0.3) is 0 Å². The molecule has 0 saturated carbocycles. The SMILES string of the molecule is COc1ccc(OC)c(CCC(=O)NCc2ccc(CN3CCCCC3)cc2)c1. The molecule has 0 aromatic heterocycles. The van der Waals surface area contributed by atoms with Gasteiger partial charge in [0.05, 0.1) is 14.2 Å². The molecular weight excluding hydrogens is 364 g/mol. The van der Waals surface area contributed by atoms with E-state index in [1.165, 1.54) is 37.9 Å². The second-order valence-electron chi connectivity index (χ2n) is 7.61. The van der Waals surface area contributed by atoms with Crippen LogP contribution in [0.4, 0.5) is 0 Å². The number of hydrogen-bond acceptors (Lipinski definition) is 4. The molecule has 156 valence electrons. The number of piperidine rings is 1. The number of carbonyl (C=O) groups excluding carboxylic acids is 1. The minimum absolute atomic E-state index is 0.0345. The summed E-state index contributed by atoms with van der Waals surface area (Å²) in [5.41, 5.74) is 3.44. The van der Waals surface area contributed by atoms with Crippen LogP contribution in [-0.4, -0.2) is 38.1 Å². The minimum atomic E-state index is 0.0345. The summed E-state index contributed by atoms with van der Waals surface area (Å²) in [6, 6.07) is 14.2. The number of carbonyl (C=O) groups is 1. The van der Waals surface area contributed by atoms with Crippen molar-refractivity contribution in [3.63, 3.8) is 0 Å². The molecule has 5 nitrogen and oxygen atoms in total. The molecule has 1 aliphatic rings. The van der Waals surface area contributed by atoms with Crippen molar-refractivity contribution in [3.8, 4) is 11.5 Å². The van der Waals surface area contributed by atoms with Gasteiger partial charge in [-0.2, -0.15) is 0 Å². The van der Waals surface area contributed by atoms with Crippen LogP contribution in [0.15, 0.2) is 42.5 Å². The Labute approximate surface area is 174 Å². The molecule has 1 heterocycles. The molecule has 0 atom stereocenters. The van der Waals surface area contributed by atoms with Gasteiger partial charge in [-0.05, 0) is 67.2 Å². The highest BCUT2D eigenvalue weighted by atomic mass is 16.5. The van der Waals surface area contributed by atoms with Crippen molar-refractivity contribution in [1.29, 1.82) is 0 Å². The smallest absolute Gasteiger partial charge is 0.220 e. The molecule has 5 heteroatoms. The van der Waals surface area contributed by atoms with E-state index in [9.17, 15) is 4.79 Å². The summed E-state index contributed by atoms with van der Waals surface area (Å²) in [5, 5.41) is 3.01. The van der Waals surface area contributed by atoms with E-state index in [1.807, 2.05) is 18.2 Å². The lowest BCUT2D eigenvalue weighted by Crippen LogP contribution is -2.29. The monoisotopic (exact) mass is 396 g/mol. The van der Waals surface area contributed by atoms with Gasteiger partial charge in [-0.25, -0.2) is 0 Å². The number of aryl methyl sites for hydroxylation is 1. The fourth-order valence-corrected chi connectivity index (χ4v) is 3.75. The van der Waals surface area contributed by atoms with Crippen molar-refractivity contribution < 1.29 is 14.3 Å². The second-order valence-corrected chi connectivity index (χ2v) is 7.61.